The fourth-order valence-electron chi connectivity index (χ4n) is 2.50. The lowest BCUT2D eigenvalue weighted by atomic mass is 10.1. The van der Waals surface area contributed by atoms with Crippen LogP contribution in [-0.2, 0) is 6.42 Å². The van der Waals surface area contributed by atoms with Gasteiger partial charge in [0.2, 0.25) is 0 Å². The molecule has 3 rings (SSSR count). The fourth-order valence-corrected chi connectivity index (χ4v) is 2.50. The lowest BCUT2D eigenvalue weighted by Gasteiger charge is -2.04. The smallest absolute Gasteiger partial charge is 0.287 e. The zero-order valence-corrected chi connectivity index (χ0v) is 13.4. The van der Waals surface area contributed by atoms with Gasteiger partial charge < -0.3 is 9.73 Å². The van der Waals surface area contributed by atoms with Crippen LogP contribution in [0.3, 0.4) is 0 Å². The van der Waals surface area contributed by atoms with Gasteiger partial charge in [0, 0.05) is 12.1 Å². The minimum atomic E-state index is -0.306. The summed E-state index contributed by atoms with van der Waals surface area (Å²) in [5, 5.41) is 2.85. The molecule has 3 nitrogen and oxygen atoms in total. The van der Waals surface area contributed by atoms with E-state index in [-0.39, 0.29) is 17.5 Å². The van der Waals surface area contributed by atoms with E-state index in [4.69, 9.17) is 4.42 Å². The summed E-state index contributed by atoms with van der Waals surface area (Å²) >= 11 is 0. The third kappa shape index (κ3) is 3.90. The summed E-state index contributed by atoms with van der Waals surface area (Å²) in [4.78, 5) is 12.1. The van der Waals surface area contributed by atoms with Gasteiger partial charge in [-0.25, -0.2) is 4.39 Å². The Hall–Kier alpha value is -2.88. The minimum absolute atomic E-state index is 0.249. The standard InChI is InChI=1S/C20H18FNO2/c1-14-3-2-4-15(13-14)11-12-22-20(23)19-10-9-18(24-19)16-5-7-17(21)8-6-16/h2-10,13H,11-12H2,1H3,(H,22,23). The summed E-state index contributed by atoms with van der Waals surface area (Å²) < 4.78 is 18.5. The van der Waals surface area contributed by atoms with Gasteiger partial charge in [0.15, 0.2) is 5.76 Å². The summed E-state index contributed by atoms with van der Waals surface area (Å²) in [5.74, 6) is 0.229. The Kier molecular flexibility index (Phi) is 4.75. The number of carbonyl (C=O) groups excluding carboxylic acids is 1. The average Bonchev–Trinajstić information content (AvgIpc) is 3.05. The van der Waals surface area contributed by atoms with Gasteiger partial charge in [-0.3, -0.25) is 4.79 Å². The first kappa shape index (κ1) is 16.0. The zero-order valence-electron chi connectivity index (χ0n) is 13.4. The first-order valence-electron chi connectivity index (χ1n) is 7.81. The van der Waals surface area contributed by atoms with Crippen LogP contribution in [-0.4, -0.2) is 12.5 Å². The van der Waals surface area contributed by atoms with Crippen molar-refractivity contribution in [3.63, 3.8) is 0 Å². The van der Waals surface area contributed by atoms with Gasteiger partial charge in [-0.05, 0) is 55.3 Å². The van der Waals surface area contributed by atoms with E-state index in [0.717, 1.165) is 12.0 Å². The molecule has 0 spiro atoms. The number of aryl methyl sites for hydroxylation is 1. The molecule has 0 radical (unpaired) electrons. The number of furan rings is 1. The number of amides is 1. The van der Waals surface area contributed by atoms with E-state index in [1.807, 2.05) is 25.1 Å². The highest BCUT2D eigenvalue weighted by Gasteiger charge is 2.11. The van der Waals surface area contributed by atoms with Gasteiger partial charge in [0.25, 0.3) is 5.91 Å². The summed E-state index contributed by atoms with van der Waals surface area (Å²) in [6.45, 7) is 2.58. The molecule has 24 heavy (non-hydrogen) atoms. The van der Waals surface area contributed by atoms with Crippen molar-refractivity contribution in [3.8, 4) is 11.3 Å². The van der Waals surface area contributed by atoms with E-state index < -0.39 is 0 Å². The van der Waals surface area contributed by atoms with Gasteiger partial charge in [0.05, 0.1) is 0 Å². The van der Waals surface area contributed by atoms with Gasteiger partial charge in [-0.1, -0.05) is 29.8 Å². The third-order valence-electron chi connectivity index (χ3n) is 3.74. The van der Waals surface area contributed by atoms with Gasteiger partial charge in [-0.15, -0.1) is 0 Å². The molecule has 1 aromatic heterocycles. The Morgan fingerprint density at radius 3 is 2.62 bits per heavy atom. The SMILES string of the molecule is Cc1cccc(CCNC(=O)c2ccc(-c3ccc(F)cc3)o2)c1. The zero-order chi connectivity index (χ0) is 16.9. The maximum Gasteiger partial charge on any atom is 0.287 e. The van der Waals surface area contributed by atoms with Crippen molar-refractivity contribution in [2.45, 2.75) is 13.3 Å². The summed E-state index contributed by atoms with van der Waals surface area (Å²) in [5.41, 5.74) is 3.12. The maximum atomic E-state index is 12.9. The number of carbonyl (C=O) groups is 1. The van der Waals surface area contributed by atoms with E-state index in [0.29, 0.717) is 12.3 Å². The molecule has 0 aliphatic heterocycles. The molecule has 0 bridgehead atoms. The molecular formula is C20H18FNO2. The Balaban J connectivity index is 1.58. The van der Waals surface area contributed by atoms with Crippen molar-refractivity contribution in [2.24, 2.45) is 0 Å². The van der Waals surface area contributed by atoms with Crippen molar-refractivity contribution >= 4 is 5.91 Å². The van der Waals surface area contributed by atoms with E-state index in [1.54, 1.807) is 24.3 Å². The molecular weight excluding hydrogens is 305 g/mol. The third-order valence-corrected chi connectivity index (χ3v) is 3.74. The van der Waals surface area contributed by atoms with Crippen LogP contribution < -0.4 is 5.32 Å². The molecule has 1 amide bonds. The van der Waals surface area contributed by atoms with Gasteiger partial charge >= 0.3 is 0 Å². The highest BCUT2D eigenvalue weighted by atomic mass is 19.1. The molecule has 0 saturated carbocycles. The predicted molar refractivity (Wildman–Crippen MR) is 91.3 cm³/mol. The normalized spacial score (nSPS) is 10.6. The second-order valence-corrected chi connectivity index (χ2v) is 5.67. The van der Waals surface area contributed by atoms with E-state index in [2.05, 4.69) is 11.4 Å². The topological polar surface area (TPSA) is 42.2 Å². The molecule has 4 heteroatoms. The van der Waals surface area contributed by atoms with Crippen LogP contribution in [0.25, 0.3) is 11.3 Å². The molecule has 0 atom stereocenters. The Morgan fingerprint density at radius 1 is 1.08 bits per heavy atom. The maximum absolute atomic E-state index is 12.9. The molecule has 0 aliphatic carbocycles. The Labute approximate surface area is 140 Å². The number of hydrogen-bond donors (Lipinski definition) is 1. The van der Waals surface area contributed by atoms with Crippen LogP contribution in [0.2, 0.25) is 0 Å². The first-order valence-corrected chi connectivity index (χ1v) is 7.81. The van der Waals surface area contributed by atoms with E-state index >= 15 is 0 Å². The van der Waals surface area contributed by atoms with Crippen LogP contribution in [0.1, 0.15) is 21.7 Å². The van der Waals surface area contributed by atoms with Crippen LogP contribution in [0, 0.1) is 12.7 Å². The van der Waals surface area contributed by atoms with Crippen molar-refractivity contribution in [3.05, 3.63) is 83.4 Å². The highest BCUT2D eigenvalue weighted by molar-refractivity contribution is 5.92. The summed E-state index contributed by atoms with van der Waals surface area (Å²) in [6, 6.07) is 17.5. The van der Waals surface area contributed by atoms with Crippen LogP contribution in [0.4, 0.5) is 4.39 Å². The van der Waals surface area contributed by atoms with Crippen LogP contribution in [0.5, 0.6) is 0 Å². The highest BCUT2D eigenvalue weighted by Crippen LogP contribution is 2.22. The summed E-state index contributed by atoms with van der Waals surface area (Å²) in [6.07, 6.45) is 0.763. The Morgan fingerprint density at radius 2 is 1.88 bits per heavy atom. The number of nitrogens with one attached hydrogen (secondary N) is 1. The number of halogens is 1. The second kappa shape index (κ2) is 7.13. The quantitative estimate of drug-likeness (QED) is 0.758. The van der Waals surface area contributed by atoms with Crippen LogP contribution >= 0.6 is 0 Å². The Bertz CT molecular complexity index is 837. The molecule has 3 aromatic rings. The predicted octanol–water partition coefficient (Wildman–Crippen LogP) is 4.37. The van der Waals surface area contributed by atoms with Crippen molar-refractivity contribution in [1.29, 1.82) is 0 Å². The van der Waals surface area contributed by atoms with Crippen molar-refractivity contribution in [2.75, 3.05) is 6.54 Å². The number of benzene rings is 2. The number of hydrogen-bond acceptors (Lipinski definition) is 2. The average molecular weight is 323 g/mol. The first-order chi connectivity index (χ1) is 11.6. The molecule has 0 aliphatic rings. The minimum Gasteiger partial charge on any atom is -0.451 e. The van der Waals surface area contributed by atoms with Gasteiger partial charge in [-0.2, -0.15) is 0 Å². The molecule has 0 unspecified atom stereocenters. The number of rotatable bonds is 5. The second-order valence-electron chi connectivity index (χ2n) is 5.67. The monoisotopic (exact) mass is 323 g/mol. The lowest BCUT2D eigenvalue weighted by molar-refractivity contribution is 0.0927. The van der Waals surface area contributed by atoms with E-state index in [9.17, 15) is 9.18 Å². The van der Waals surface area contributed by atoms with Gasteiger partial charge in [0.1, 0.15) is 11.6 Å². The lowest BCUT2D eigenvalue weighted by Crippen LogP contribution is -2.25. The largest absolute Gasteiger partial charge is 0.451 e. The van der Waals surface area contributed by atoms with Crippen LogP contribution in [0.15, 0.2) is 65.1 Å². The van der Waals surface area contributed by atoms with Crippen molar-refractivity contribution < 1.29 is 13.6 Å². The molecule has 0 saturated heterocycles. The van der Waals surface area contributed by atoms with Crippen molar-refractivity contribution in [1.82, 2.24) is 5.32 Å². The van der Waals surface area contributed by atoms with E-state index in [1.165, 1.54) is 23.3 Å². The molecule has 0 fully saturated rings. The molecule has 2 aromatic carbocycles. The molecule has 1 N–H and O–H groups in total. The fraction of sp³-hybridized carbons (Fsp3) is 0.150. The molecule has 1 heterocycles. The summed E-state index contributed by atoms with van der Waals surface area (Å²) in [7, 11) is 0. The molecule has 122 valence electrons.